The Balaban J connectivity index is 2.14. The van der Waals surface area contributed by atoms with E-state index in [9.17, 15) is 37.8 Å². The molecule has 0 saturated carbocycles. The van der Waals surface area contributed by atoms with Gasteiger partial charge in [-0.15, -0.1) is 0 Å². The third kappa shape index (κ3) is 3.66. The molecule has 2 aromatic carbocycles. The molecule has 2 aromatic rings. The van der Waals surface area contributed by atoms with E-state index in [-0.39, 0.29) is 16.7 Å². The van der Waals surface area contributed by atoms with E-state index in [1.54, 1.807) is 6.07 Å². The average Bonchev–Trinajstić information content (AvgIpc) is 2.67. The van der Waals surface area contributed by atoms with E-state index >= 15 is 0 Å². The van der Waals surface area contributed by atoms with Gasteiger partial charge >= 0.3 is 12.2 Å². The van der Waals surface area contributed by atoms with Gasteiger partial charge < -0.3 is 25.6 Å². The summed E-state index contributed by atoms with van der Waals surface area (Å²) in [6.45, 7) is 0. The molecule has 0 radical (unpaired) electrons. The number of nitrogens with one attached hydrogen (secondary N) is 2. The summed E-state index contributed by atoms with van der Waals surface area (Å²) in [5.41, 5.74) is -4.19. The largest absolute Gasteiger partial charge is 0.545 e. The number of aromatic carboxylic acids is 1. The lowest BCUT2D eigenvalue weighted by molar-refractivity contribution is -0.287. The molecule has 7 nitrogen and oxygen atoms in total. The Hall–Kier alpha value is -3.40. The normalized spacial score (nSPS) is 24.3. The van der Waals surface area contributed by atoms with Crippen LogP contribution in [0.1, 0.15) is 32.3 Å². The molecule has 1 heterocycles. The van der Waals surface area contributed by atoms with Crippen LogP contribution in [0.15, 0.2) is 54.6 Å². The smallest absolute Gasteiger partial charge is 0.437 e. The minimum absolute atomic E-state index is 0.00167. The molecule has 0 unspecified atom stereocenters. The molecule has 1 aliphatic rings. The summed E-state index contributed by atoms with van der Waals surface area (Å²) in [7, 11) is 0. The maximum atomic E-state index is 13.8. The number of benzene rings is 2. The van der Waals surface area contributed by atoms with Crippen molar-refractivity contribution in [3.05, 3.63) is 71.3 Å². The van der Waals surface area contributed by atoms with Crippen molar-refractivity contribution in [3.63, 3.8) is 0 Å². The number of alkyl halides is 3. The number of carboxylic acid groups (broad SMARTS) is 1. The Morgan fingerprint density at radius 3 is 2.10 bits per heavy atom. The molecular weight excluding hydrogens is 393 g/mol. The van der Waals surface area contributed by atoms with Crippen LogP contribution in [0.2, 0.25) is 0 Å². The van der Waals surface area contributed by atoms with Crippen LogP contribution in [0.4, 0.5) is 18.0 Å². The van der Waals surface area contributed by atoms with E-state index in [2.05, 4.69) is 5.32 Å². The number of carbonyl (C=O) groups is 3. The van der Waals surface area contributed by atoms with Crippen LogP contribution in [0.3, 0.4) is 0 Å². The second-order valence-electron chi connectivity index (χ2n) is 6.46. The molecule has 10 heteroatoms. The first-order valence-corrected chi connectivity index (χ1v) is 8.33. The molecule has 1 saturated heterocycles. The summed E-state index contributed by atoms with van der Waals surface area (Å²) in [5.74, 6) is -4.75. The van der Waals surface area contributed by atoms with Crippen molar-refractivity contribution in [1.29, 1.82) is 0 Å². The van der Waals surface area contributed by atoms with Crippen molar-refractivity contribution < 1.29 is 37.8 Å². The number of halogens is 3. The molecule has 29 heavy (non-hydrogen) atoms. The third-order valence-corrected chi connectivity index (χ3v) is 4.65. The van der Waals surface area contributed by atoms with Gasteiger partial charge in [0.25, 0.3) is 0 Å². The van der Waals surface area contributed by atoms with Crippen molar-refractivity contribution in [1.82, 2.24) is 10.6 Å². The Morgan fingerprint density at radius 2 is 1.59 bits per heavy atom. The number of Topliss-reactive ketones (excluding diaryl/α,β-unsaturated/α-hetero) is 1. The SMILES string of the molecule is O=C1N[C@@H](c2ccc(C(=O)[O-])cc2)[C@@H](C(=O)c2ccccc2)[C@@](O)(C(F)(F)F)N1. The van der Waals surface area contributed by atoms with E-state index in [0.29, 0.717) is 0 Å². The van der Waals surface area contributed by atoms with Gasteiger partial charge in [-0.1, -0.05) is 54.6 Å². The molecule has 3 N–H and O–H groups in total. The second kappa shape index (κ2) is 7.21. The summed E-state index contributed by atoms with van der Waals surface area (Å²) in [6, 6.07) is 8.51. The standard InChI is InChI=1S/C19H15F3N2O5/c20-19(21,22)18(29)13(15(25)11-4-2-1-3-5-11)14(23-17(28)24-18)10-6-8-12(9-7-10)16(26)27/h1-9,13-14,29H,(H,26,27)(H2,23,24,28)/p-1/t13-,14-,18+/m0/s1. The summed E-state index contributed by atoms with van der Waals surface area (Å²) in [6.07, 6.45) is -5.37. The van der Waals surface area contributed by atoms with Gasteiger partial charge in [0.15, 0.2) is 5.78 Å². The fraction of sp³-hybridized carbons (Fsp3) is 0.211. The highest BCUT2D eigenvalue weighted by Gasteiger charge is 2.66. The van der Waals surface area contributed by atoms with Crippen LogP contribution >= 0.6 is 0 Å². The molecule has 0 spiro atoms. The van der Waals surface area contributed by atoms with Crippen LogP contribution in [-0.2, 0) is 0 Å². The van der Waals surface area contributed by atoms with Crippen LogP contribution in [0, 0.1) is 5.92 Å². The Bertz CT molecular complexity index is 947. The fourth-order valence-electron chi connectivity index (χ4n) is 3.23. The molecule has 3 rings (SSSR count). The molecule has 1 fully saturated rings. The Labute approximate surface area is 162 Å². The Kier molecular flexibility index (Phi) is 5.05. The topological polar surface area (TPSA) is 119 Å². The number of rotatable bonds is 4. The second-order valence-corrected chi connectivity index (χ2v) is 6.46. The number of carboxylic acids is 1. The zero-order valence-corrected chi connectivity index (χ0v) is 14.6. The number of aliphatic hydroxyl groups is 1. The van der Waals surface area contributed by atoms with Gasteiger partial charge in [-0.2, -0.15) is 13.2 Å². The number of hydrogen-bond donors (Lipinski definition) is 3. The third-order valence-electron chi connectivity index (χ3n) is 4.65. The van der Waals surface area contributed by atoms with Crippen molar-refractivity contribution >= 4 is 17.8 Å². The molecule has 0 bridgehead atoms. The number of amides is 2. The average molecular weight is 407 g/mol. The van der Waals surface area contributed by atoms with Crippen LogP contribution in [0.25, 0.3) is 0 Å². The first-order valence-electron chi connectivity index (χ1n) is 8.33. The van der Waals surface area contributed by atoms with Crippen LogP contribution < -0.4 is 15.7 Å². The van der Waals surface area contributed by atoms with Crippen molar-refractivity contribution in [2.75, 3.05) is 0 Å². The first-order chi connectivity index (χ1) is 13.5. The van der Waals surface area contributed by atoms with Gasteiger partial charge in [-0.25, -0.2) is 4.79 Å². The molecule has 0 aliphatic carbocycles. The van der Waals surface area contributed by atoms with Gasteiger partial charge in [0, 0.05) is 5.56 Å². The summed E-state index contributed by atoms with van der Waals surface area (Å²) in [4.78, 5) is 35.8. The highest BCUT2D eigenvalue weighted by Crippen LogP contribution is 2.43. The van der Waals surface area contributed by atoms with Crippen molar-refractivity contribution in [2.45, 2.75) is 17.9 Å². The number of urea groups is 1. The quantitative estimate of drug-likeness (QED) is 0.658. The van der Waals surface area contributed by atoms with Gasteiger partial charge in [0.2, 0.25) is 5.72 Å². The van der Waals surface area contributed by atoms with Gasteiger partial charge in [0.1, 0.15) is 5.92 Å². The van der Waals surface area contributed by atoms with Gasteiger partial charge in [0.05, 0.1) is 12.0 Å². The monoisotopic (exact) mass is 407 g/mol. The predicted molar refractivity (Wildman–Crippen MR) is 90.4 cm³/mol. The molecular formula is C19H14F3N2O5-. The predicted octanol–water partition coefficient (Wildman–Crippen LogP) is 1.15. The van der Waals surface area contributed by atoms with Crippen LogP contribution in [-0.4, -0.2) is 34.8 Å². The summed E-state index contributed by atoms with van der Waals surface area (Å²) >= 11 is 0. The number of hydrogen-bond acceptors (Lipinski definition) is 5. The maximum absolute atomic E-state index is 13.8. The lowest BCUT2D eigenvalue weighted by atomic mass is 9.77. The fourth-order valence-corrected chi connectivity index (χ4v) is 3.23. The molecule has 2 amide bonds. The maximum Gasteiger partial charge on any atom is 0.437 e. The minimum atomic E-state index is -5.37. The molecule has 3 atom stereocenters. The molecule has 1 aliphatic heterocycles. The number of carbonyl (C=O) groups excluding carboxylic acids is 3. The van der Waals surface area contributed by atoms with E-state index in [4.69, 9.17) is 0 Å². The van der Waals surface area contributed by atoms with Gasteiger partial charge in [-0.3, -0.25) is 4.79 Å². The highest BCUT2D eigenvalue weighted by atomic mass is 19.4. The van der Waals surface area contributed by atoms with E-state index < -0.39 is 41.6 Å². The molecule has 0 aromatic heterocycles. The van der Waals surface area contributed by atoms with E-state index in [1.807, 2.05) is 0 Å². The summed E-state index contributed by atoms with van der Waals surface area (Å²) < 4.78 is 41.3. The lowest BCUT2D eigenvalue weighted by Gasteiger charge is -2.45. The highest BCUT2D eigenvalue weighted by molar-refractivity contribution is 6.00. The van der Waals surface area contributed by atoms with Crippen molar-refractivity contribution in [3.8, 4) is 0 Å². The van der Waals surface area contributed by atoms with Gasteiger partial charge in [-0.05, 0) is 11.1 Å². The first kappa shape index (κ1) is 20.3. The zero-order valence-electron chi connectivity index (χ0n) is 14.6. The lowest BCUT2D eigenvalue weighted by Crippen LogP contribution is -2.72. The Morgan fingerprint density at radius 1 is 1.00 bits per heavy atom. The van der Waals surface area contributed by atoms with Crippen LogP contribution in [0.5, 0.6) is 0 Å². The van der Waals surface area contributed by atoms with E-state index in [0.717, 1.165) is 24.3 Å². The minimum Gasteiger partial charge on any atom is -0.545 e. The van der Waals surface area contributed by atoms with E-state index in [1.165, 1.54) is 29.6 Å². The molecule has 152 valence electrons. The number of ketones is 1. The van der Waals surface area contributed by atoms with Crippen molar-refractivity contribution in [2.24, 2.45) is 5.92 Å². The zero-order chi connectivity index (χ0) is 21.4. The summed E-state index contributed by atoms with van der Waals surface area (Å²) in [5, 5.41) is 25.0.